The normalized spacial score (nSPS) is 15.7. The number of carbonyl (C=O) groups excluding carboxylic acids is 1. The number of fused-ring (bicyclic) bond motifs is 1. The lowest BCUT2D eigenvalue weighted by molar-refractivity contribution is -0.143. The molecule has 0 unspecified atom stereocenters. The first-order valence-corrected chi connectivity index (χ1v) is 15.2. The molecule has 6 nitrogen and oxygen atoms in total. The standard InChI is InChI=1S/C26H24I2N2O4S2/c1-13(2)34-25(32)21-14(3)29-26-30(22(21)16-6-8-17(35-5)9-7-16)24(31)20(36-26)12-15-10-18(27)23(33-4)19(28)11-15/h6-13,22H,1-5H3/b20-12-/t22-/m0/s1. The van der Waals surface area contributed by atoms with Gasteiger partial charge in [0.2, 0.25) is 0 Å². The molecule has 2 aromatic carbocycles. The molecule has 1 atom stereocenters. The van der Waals surface area contributed by atoms with Gasteiger partial charge in [0.05, 0.1) is 42.2 Å². The molecule has 4 rings (SSSR count). The molecular formula is C26H24I2N2O4S2. The van der Waals surface area contributed by atoms with Gasteiger partial charge in [0.15, 0.2) is 4.80 Å². The van der Waals surface area contributed by atoms with Crippen molar-refractivity contribution in [3.63, 3.8) is 0 Å². The van der Waals surface area contributed by atoms with Crippen LogP contribution in [0, 0.1) is 7.14 Å². The first-order valence-electron chi connectivity index (χ1n) is 11.0. The zero-order chi connectivity index (χ0) is 26.1. The Morgan fingerprint density at radius 2 is 1.83 bits per heavy atom. The monoisotopic (exact) mass is 746 g/mol. The van der Waals surface area contributed by atoms with Crippen molar-refractivity contribution in [2.45, 2.75) is 37.8 Å². The Morgan fingerprint density at radius 1 is 1.19 bits per heavy atom. The van der Waals surface area contributed by atoms with Crippen molar-refractivity contribution in [2.24, 2.45) is 4.99 Å². The molecule has 0 bridgehead atoms. The molecule has 3 aromatic rings. The van der Waals surface area contributed by atoms with Crippen LogP contribution in [0.1, 0.15) is 37.9 Å². The summed E-state index contributed by atoms with van der Waals surface area (Å²) in [5.74, 6) is 0.353. The maximum atomic E-state index is 13.8. The minimum absolute atomic E-state index is 0.194. The Kier molecular flexibility index (Phi) is 8.67. The lowest BCUT2D eigenvalue weighted by Gasteiger charge is -2.25. The molecule has 0 spiro atoms. The number of halogens is 2. The third-order valence-electron chi connectivity index (χ3n) is 5.54. The highest BCUT2D eigenvalue weighted by molar-refractivity contribution is 14.1. The summed E-state index contributed by atoms with van der Waals surface area (Å²) in [5.41, 5.74) is 2.47. The van der Waals surface area contributed by atoms with Gasteiger partial charge in [-0.25, -0.2) is 9.79 Å². The second kappa shape index (κ2) is 11.4. The summed E-state index contributed by atoms with van der Waals surface area (Å²) in [5, 5.41) is 0. The average Bonchev–Trinajstić information content (AvgIpc) is 3.12. The predicted molar refractivity (Wildman–Crippen MR) is 162 cm³/mol. The molecule has 1 aliphatic heterocycles. The van der Waals surface area contributed by atoms with Gasteiger partial charge in [-0.05, 0) is 114 Å². The van der Waals surface area contributed by atoms with Crippen LogP contribution >= 0.6 is 68.3 Å². The van der Waals surface area contributed by atoms with E-state index in [9.17, 15) is 9.59 Å². The van der Waals surface area contributed by atoms with E-state index in [2.05, 4.69) is 50.2 Å². The second-order valence-electron chi connectivity index (χ2n) is 8.33. The molecule has 0 N–H and O–H groups in total. The van der Waals surface area contributed by atoms with Crippen LogP contribution in [0.4, 0.5) is 0 Å². The lowest BCUT2D eigenvalue weighted by Crippen LogP contribution is -2.40. The summed E-state index contributed by atoms with van der Waals surface area (Å²) < 4.78 is 15.1. The Balaban J connectivity index is 1.93. The first kappa shape index (κ1) is 27.4. The highest BCUT2D eigenvalue weighted by Gasteiger charge is 2.33. The van der Waals surface area contributed by atoms with Gasteiger partial charge in [-0.15, -0.1) is 11.8 Å². The van der Waals surface area contributed by atoms with Gasteiger partial charge in [-0.3, -0.25) is 9.36 Å². The van der Waals surface area contributed by atoms with E-state index in [0.717, 1.165) is 28.9 Å². The predicted octanol–water partition coefficient (Wildman–Crippen LogP) is 5.13. The number of benzene rings is 2. The number of aromatic nitrogens is 1. The SMILES string of the molecule is COc1c(I)cc(/C=c2\sc3n(c2=O)[C@@H](c2ccc(SC)cc2)C(C(=O)OC(C)C)=C(C)N=3)cc1I. The average molecular weight is 746 g/mol. The lowest BCUT2D eigenvalue weighted by atomic mass is 9.96. The molecule has 0 amide bonds. The molecule has 0 fully saturated rings. The number of hydrogen-bond donors (Lipinski definition) is 0. The summed E-state index contributed by atoms with van der Waals surface area (Å²) in [4.78, 5) is 33.3. The number of hydrogen-bond acceptors (Lipinski definition) is 7. The van der Waals surface area contributed by atoms with Crippen LogP contribution in [0.3, 0.4) is 0 Å². The fraction of sp³-hybridized carbons (Fsp3) is 0.269. The highest BCUT2D eigenvalue weighted by Crippen LogP contribution is 2.32. The first-order chi connectivity index (χ1) is 17.1. The maximum Gasteiger partial charge on any atom is 0.338 e. The molecule has 0 saturated carbocycles. The molecule has 10 heteroatoms. The number of thioether (sulfide) groups is 1. The molecule has 188 valence electrons. The number of rotatable bonds is 6. The van der Waals surface area contributed by atoms with Gasteiger partial charge < -0.3 is 9.47 Å². The van der Waals surface area contributed by atoms with Crippen molar-refractivity contribution in [1.82, 2.24) is 4.57 Å². The summed E-state index contributed by atoms with van der Waals surface area (Å²) >= 11 is 7.41. The van der Waals surface area contributed by atoms with E-state index in [-0.39, 0.29) is 11.7 Å². The van der Waals surface area contributed by atoms with Crippen molar-refractivity contribution >= 4 is 80.3 Å². The molecular weight excluding hydrogens is 722 g/mol. The van der Waals surface area contributed by atoms with Crippen LogP contribution < -0.4 is 19.6 Å². The molecule has 2 heterocycles. The number of carbonyl (C=O) groups is 1. The van der Waals surface area contributed by atoms with Crippen LogP contribution in [0.15, 0.2) is 62.4 Å². The molecule has 0 saturated heterocycles. The van der Waals surface area contributed by atoms with E-state index >= 15 is 0 Å². The summed E-state index contributed by atoms with van der Waals surface area (Å²) in [6.45, 7) is 5.41. The molecule has 36 heavy (non-hydrogen) atoms. The quantitative estimate of drug-likeness (QED) is 0.199. The number of ether oxygens (including phenoxy) is 2. The molecule has 1 aliphatic rings. The van der Waals surface area contributed by atoms with E-state index in [1.807, 2.05) is 62.6 Å². The zero-order valence-corrected chi connectivity index (χ0v) is 26.2. The third-order valence-corrected chi connectivity index (χ3v) is 8.87. The van der Waals surface area contributed by atoms with Crippen molar-refractivity contribution < 1.29 is 14.3 Å². The maximum absolute atomic E-state index is 13.8. The Labute approximate surface area is 244 Å². The van der Waals surface area contributed by atoms with Crippen LogP contribution in [0.25, 0.3) is 6.08 Å². The number of allylic oxidation sites excluding steroid dienone is 1. The topological polar surface area (TPSA) is 69.9 Å². The van der Waals surface area contributed by atoms with Gasteiger partial charge in [0, 0.05) is 4.90 Å². The molecule has 0 aliphatic carbocycles. The van der Waals surface area contributed by atoms with Crippen LogP contribution in [-0.2, 0) is 9.53 Å². The summed E-state index contributed by atoms with van der Waals surface area (Å²) in [7, 11) is 1.65. The van der Waals surface area contributed by atoms with E-state index in [1.165, 1.54) is 11.3 Å². The number of nitrogens with zero attached hydrogens (tertiary/aromatic N) is 2. The van der Waals surface area contributed by atoms with Gasteiger partial charge in [-0.2, -0.15) is 0 Å². The Morgan fingerprint density at radius 3 is 2.39 bits per heavy atom. The van der Waals surface area contributed by atoms with E-state index < -0.39 is 12.0 Å². The van der Waals surface area contributed by atoms with Crippen molar-refractivity contribution in [1.29, 1.82) is 0 Å². The minimum atomic E-state index is -0.623. The highest BCUT2D eigenvalue weighted by atomic mass is 127. The third kappa shape index (κ3) is 5.46. The van der Waals surface area contributed by atoms with Gasteiger partial charge >= 0.3 is 5.97 Å². The summed E-state index contributed by atoms with van der Waals surface area (Å²) in [6.07, 6.45) is 3.59. The van der Waals surface area contributed by atoms with E-state index in [1.54, 1.807) is 30.4 Å². The minimum Gasteiger partial charge on any atom is -0.495 e. The van der Waals surface area contributed by atoms with Crippen molar-refractivity contribution in [3.05, 3.63) is 85.6 Å². The largest absolute Gasteiger partial charge is 0.495 e. The van der Waals surface area contributed by atoms with Crippen molar-refractivity contribution in [3.8, 4) is 5.75 Å². The smallest absolute Gasteiger partial charge is 0.338 e. The second-order valence-corrected chi connectivity index (χ2v) is 12.5. The number of thiazole rings is 1. The fourth-order valence-corrected chi connectivity index (χ4v) is 7.68. The van der Waals surface area contributed by atoms with Gasteiger partial charge in [-0.1, -0.05) is 23.5 Å². The van der Waals surface area contributed by atoms with Gasteiger partial charge in [0.25, 0.3) is 5.56 Å². The molecule has 0 radical (unpaired) electrons. The van der Waals surface area contributed by atoms with Crippen LogP contribution in [-0.4, -0.2) is 30.0 Å². The number of esters is 1. The summed E-state index contributed by atoms with van der Waals surface area (Å²) in [6, 6.07) is 11.3. The Hall–Kier alpha value is -1.64. The van der Waals surface area contributed by atoms with E-state index in [4.69, 9.17) is 9.47 Å². The van der Waals surface area contributed by atoms with E-state index in [0.29, 0.717) is 20.6 Å². The number of methoxy groups -OCH3 is 1. The van der Waals surface area contributed by atoms with Crippen LogP contribution in [0.5, 0.6) is 5.75 Å². The molecule has 1 aromatic heterocycles. The zero-order valence-electron chi connectivity index (χ0n) is 20.3. The van der Waals surface area contributed by atoms with Gasteiger partial charge in [0.1, 0.15) is 5.75 Å². The van der Waals surface area contributed by atoms with Crippen LogP contribution in [0.2, 0.25) is 0 Å². The Bertz CT molecular complexity index is 1520. The fourth-order valence-electron chi connectivity index (χ4n) is 3.97. The van der Waals surface area contributed by atoms with Crippen molar-refractivity contribution in [2.75, 3.05) is 13.4 Å².